The quantitative estimate of drug-likeness (QED) is 0.546. The Morgan fingerprint density at radius 1 is 1.14 bits per heavy atom. The van der Waals surface area contributed by atoms with Gasteiger partial charge >= 0.3 is 0 Å². The first-order valence-corrected chi connectivity index (χ1v) is 9.24. The summed E-state index contributed by atoms with van der Waals surface area (Å²) < 4.78 is 10.5. The number of H-pyrrole nitrogens is 1. The SMILES string of the molecule is COCCCC(C(=O)Nc1ccc(-c2cn[nH]c2)cc1)c1cccc(OC)c1. The number of ether oxygens (including phenoxy) is 2. The van der Waals surface area contributed by atoms with Crippen LogP contribution in [0.15, 0.2) is 60.9 Å². The lowest BCUT2D eigenvalue weighted by Crippen LogP contribution is -2.21. The predicted octanol–water partition coefficient (Wildman–Crippen LogP) is 4.23. The maximum atomic E-state index is 13.0. The highest BCUT2D eigenvalue weighted by Gasteiger charge is 2.21. The van der Waals surface area contributed by atoms with Crippen molar-refractivity contribution >= 4 is 11.6 Å². The average Bonchev–Trinajstić information content (AvgIpc) is 3.26. The van der Waals surface area contributed by atoms with Crippen LogP contribution in [0.5, 0.6) is 5.75 Å². The first-order chi connectivity index (χ1) is 13.7. The molecule has 0 spiro atoms. The topological polar surface area (TPSA) is 76.2 Å². The van der Waals surface area contributed by atoms with Crippen LogP contribution in [0, 0.1) is 0 Å². The molecule has 0 aliphatic heterocycles. The van der Waals surface area contributed by atoms with Crippen LogP contribution in [0.3, 0.4) is 0 Å². The van der Waals surface area contributed by atoms with E-state index in [0.717, 1.165) is 34.5 Å². The van der Waals surface area contributed by atoms with Crippen molar-refractivity contribution in [3.8, 4) is 16.9 Å². The Hall–Kier alpha value is -3.12. The first kappa shape index (κ1) is 19.6. The molecule has 1 atom stereocenters. The molecular formula is C22H25N3O3. The molecule has 0 bridgehead atoms. The van der Waals surface area contributed by atoms with E-state index >= 15 is 0 Å². The summed E-state index contributed by atoms with van der Waals surface area (Å²) in [4.78, 5) is 13.0. The minimum Gasteiger partial charge on any atom is -0.497 e. The number of methoxy groups -OCH3 is 2. The Labute approximate surface area is 164 Å². The highest BCUT2D eigenvalue weighted by Crippen LogP contribution is 2.27. The average molecular weight is 379 g/mol. The third-order valence-corrected chi connectivity index (χ3v) is 4.64. The summed E-state index contributed by atoms with van der Waals surface area (Å²) in [6, 6.07) is 15.4. The van der Waals surface area contributed by atoms with Crippen molar-refractivity contribution in [1.82, 2.24) is 10.2 Å². The second kappa shape index (κ2) is 9.71. The van der Waals surface area contributed by atoms with Crippen LogP contribution in [-0.4, -0.2) is 36.9 Å². The molecule has 0 aliphatic carbocycles. The van der Waals surface area contributed by atoms with Crippen molar-refractivity contribution in [2.24, 2.45) is 0 Å². The van der Waals surface area contributed by atoms with Crippen molar-refractivity contribution in [2.45, 2.75) is 18.8 Å². The van der Waals surface area contributed by atoms with Gasteiger partial charge < -0.3 is 14.8 Å². The van der Waals surface area contributed by atoms with E-state index in [1.807, 2.05) is 54.7 Å². The van der Waals surface area contributed by atoms with Crippen LogP contribution >= 0.6 is 0 Å². The van der Waals surface area contributed by atoms with Crippen LogP contribution in [0.1, 0.15) is 24.3 Å². The van der Waals surface area contributed by atoms with Crippen molar-refractivity contribution in [2.75, 3.05) is 26.1 Å². The fourth-order valence-corrected chi connectivity index (χ4v) is 3.12. The summed E-state index contributed by atoms with van der Waals surface area (Å²) in [7, 11) is 3.29. The van der Waals surface area contributed by atoms with E-state index in [2.05, 4.69) is 15.5 Å². The second-order valence-electron chi connectivity index (χ2n) is 6.52. The van der Waals surface area contributed by atoms with Gasteiger partial charge in [0.2, 0.25) is 5.91 Å². The summed E-state index contributed by atoms with van der Waals surface area (Å²) in [6.07, 6.45) is 5.09. The van der Waals surface area contributed by atoms with Crippen LogP contribution in [-0.2, 0) is 9.53 Å². The smallest absolute Gasteiger partial charge is 0.231 e. The number of nitrogens with zero attached hydrogens (tertiary/aromatic N) is 1. The molecule has 1 amide bonds. The van der Waals surface area contributed by atoms with Crippen LogP contribution < -0.4 is 10.1 Å². The molecule has 3 rings (SSSR count). The number of amides is 1. The lowest BCUT2D eigenvalue weighted by atomic mass is 9.93. The number of hydrogen-bond acceptors (Lipinski definition) is 4. The van der Waals surface area contributed by atoms with Gasteiger partial charge in [-0.3, -0.25) is 9.89 Å². The molecule has 0 radical (unpaired) electrons. The number of aromatic nitrogens is 2. The number of benzene rings is 2. The number of nitrogens with one attached hydrogen (secondary N) is 2. The fourth-order valence-electron chi connectivity index (χ4n) is 3.12. The molecule has 28 heavy (non-hydrogen) atoms. The number of carbonyl (C=O) groups is 1. The minimum atomic E-state index is -0.279. The van der Waals surface area contributed by atoms with Gasteiger partial charge in [0.15, 0.2) is 0 Å². The van der Waals surface area contributed by atoms with Crippen molar-refractivity contribution in [1.29, 1.82) is 0 Å². The summed E-state index contributed by atoms with van der Waals surface area (Å²) in [5.41, 5.74) is 3.74. The lowest BCUT2D eigenvalue weighted by molar-refractivity contribution is -0.117. The number of hydrogen-bond donors (Lipinski definition) is 2. The second-order valence-corrected chi connectivity index (χ2v) is 6.52. The summed E-state index contributed by atoms with van der Waals surface area (Å²) >= 11 is 0. The molecule has 0 fully saturated rings. The van der Waals surface area contributed by atoms with E-state index in [0.29, 0.717) is 13.0 Å². The third kappa shape index (κ3) is 4.98. The van der Waals surface area contributed by atoms with Crippen molar-refractivity contribution in [3.63, 3.8) is 0 Å². The van der Waals surface area contributed by atoms with E-state index in [9.17, 15) is 4.79 Å². The lowest BCUT2D eigenvalue weighted by Gasteiger charge is -2.18. The van der Waals surface area contributed by atoms with E-state index < -0.39 is 0 Å². The van der Waals surface area contributed by atoms with Gasteiger partial charge in [-0.25, -0.2) is 0 Å². The van der Waals surface area contributed by atoms with Gasteiger partial charge in [-0.05, 0) is 48.2 Å². The molecule has 1 heterocycles. The summed E-state index contributed by atoms with van der Waals surface area (Å²) in [5.74, 6) is 0.422. The zero-order valence-electron chi connectivity index (χ0n) is 16.1. The highest BCUT2D eigenvalue weighted by atomic mass is 16.5. The normalized spacial score (nSPS) is 11.8. The van der Waals surface area contributed by atoms with Gasteiger partial charge in [0.1, 0.15) is 5.75 Å². The molecule has 6 nitrogen and oxygen atoms in total. The monoisotopic (exact) mass is 379 g/mol. The molecule has 0 saturated carbocycles. The predicted molar refractivity (Wildman–Crippen MR) is 109 cm³/mol. The van der Waals surface area contributed by atoms with Crippen LogP contribution in [0.25, 0.3) is 11.1 Å². The molecule has 1 aromatic heterocycles. The molecule has 6 heteroatoms. The summed E-state index contributed by atoms with van der Waals surface area (Å²) in [5, 5.41) is 9.80. The Bertz CT molecular complexity index is 876. The number of anilines is 1. The largest absolute Gasteiger partial charge is 0.497 e. The Morgan fingerprint density at radius 2 is 1.96 bits per heavy atom. The van der Waals surface area contributed by atoms with Crippen molar-refractivity contribution in [3.05, 3.63) is 66.5 Å². The maximum absolute atomic E-state index is 13.0. The standard InChI is InChI=1S/C22H25N3O3/c1-27-12-4-7-21(17-5-3-6-20(13-17)28-2)22(26)25-19-10-8-16(9-11-19)18-14-23-24-15-18/h3,5-6,8-11,13-15,21H,4,7,12H2,1-2H3,(H,23,24)(H,25,26). The molecule has 146 valence electrons. The molecule has 2 aromatic carbocycles. The maximum Gasteiger partial charge on any atom is 0.231 e. The van der Waals surface area contributed by atoms with Gasteiger partial charge in [-0.2, -0.15) is 5.10 Å². The third-order valence-electron chi connectivity index (χ3n) is 4.64. The number of carbonyl (C=O) groups excluding carboxylic acids is 1. The highest BCUT2D eigenvalue weighted by molar-refractivity contribution is 5.96. The van der Waals surface area contributed by atoms with Gasteiger partial charge in [0.25, 0.3) is 0 Å². The van der Waals surface area contributed by atoms with E-state index in [1.165, 1.54) is 0 Å². The molecule has 0 saturated heterocycles. The Kier molecular flexibility index (Phi) is 6.81. The number of aromatic amines is 1. The van der Waals surface area contributed by atoms with Gasteiger partial charge in [0.05, 0.1) is 19.2 Å². The molecule has 1 unspecified atom stereocenters. The zero-order valence-corrected chi connectivity index (χ0v) is 16.1. The van der Waals surface area contributed by atoms with Crippen LogP contribution in [0.2, 0.25) is 0 Å². The molecule has 2 N–H and O–H groups in total. The van der Waals surface area contributed by atoms with E-state index in [1.54, 1.807) is 20.4 Å². The molecular weight excluding hydrogens is 354 g/mol. The van der Waals surface area contributed by atoms with Crippen molar-refractivity contribution < 1.29 is 14.3 Å². The fraction of sp³-hybridized carbons (Fsp3) is 0.273. The first-order valence-electron chi connectivity index (χ1n) is 9.24. The zero-order chi connectivity index (χ0) is 19.8. The van der Waals surface area contributed by atoms with Crippen LogP contribution in [0.4, 0.5) is 5.69 Å². The molecule has 3 aromatic rings. The summed E-state index contributed by atoms with van der Waals surface area (Å²) in [6.45, 7) is 0.618. The Morgan fingerprint density at radius 3 is 2.64 bits per heavy atom. The Balaban J connectivity index is 1.74. The van der Waals surface area contributed by atoms with Gasteiger partial charge in [-0.1, -0.05) is 24.3 Å². The number of rotatable bonds is 9. The minimum absolute atomic E-state index is 0.0413. The molecule has 0 aliphatic rings. The van der Waals surface area contributed by atoms with Gasteiger partial charge in [-0.15, -0.1) is 0 Å². The van der Waals surface area contributed by atoms with E-state index in [-0.39, 0.29) is 11.8 Å². The van der Waals surface area contributed by atoms with E-state index in [4.69, 9.17) is 9.47 Å². The van der Waals surface area contributed by atoms with Gasteiger partial charge in [0, 0.05) is 31.2 Å².